The molecule has 1 N–H and O–H groups in total. The number of rotatable bonds is 5. The lowest BCUT2D eigenvalue weighted by Gasteiger charge is -2.46. The standard InChI is InChI=1S/C16H28N2S/c1-13-6-5-8-16(10-13,18(3)4)12-17-14(2)15-7-9-19-11-15/h7,9,11,13-14,17H,5-6,8,10,12H2,1-4H3. The first-order valence-electron chi connectivity index (χ1n) is 7.46. The summed E-state index contributed by atoms with van der Waals surface area (Å²) in [6.45, 7) is 5.78. The molecule has 0 amide bonds. The maximum absolute atomic E-state index is 3.76. The zero-order valence-corrected chi connectivity index (χ0v) is 13.6. The van der Waals surface area contributed by atoms with E-state index in [1.54, 1.807) is 11.3 Å². The van der Waals surface area contributed by atoms with E-state index in [1.807, 2.05) is 0 Å². The number of thiophene rings is 1. The van der Waals surface area contributed by atoms with Crippen LogP contribution in [0.5, 0.6) is 0 Å². The second kappa shape index (κ2) is 6.38. The van der Waals surface area contributed by atoms with Crippen LogP contribution in [0, 0.1) is 5.92 Å². The quantitative estimate of drug-likeness (QED) is 0.879. The van der Waals surface area contributed by atoms with Crippen molar-refractivity contribution in [2.24, 2.45) is 5.92 Å². The third kappa shape index (κ3) is 3.59. The fourth-order valence-electron chi connectivity index (χ4n) is 3.34. The van der Waals surface area contributed by atoms with Crippen molar-refractivity contribution in [1.82, 2.24) is 10.2 Å². The summed E-state index contributed by atoms with van der Waals surface area (Å²) in [5.74, 6) is 0.856. The van der Waals surface area contributed by atoms with E-state index >= 15 is 0 Å². The number of likely N-dealkylation sites (N-methyl/N-ethyl adjacent to an activating group) is 1. The van der Waals surface area contributed by atoms with E-state index in [0.717, 1.165) is 12.5 Å². The molecule has 0 radical (unpaired) electrons. The van der Waals surface area contributed by atoms with Gasteiger partial charge in [0.25, 0.3) is 0 Å². The number of hydrogen-bond acceptors (Lipinski definition) is 3. The Labute approximate surface area is 122 Å². The Kier molecular flexibility index (Phi) is 5.04. The summed E-state index contributed by atoms with van der Waals surface area (Å²) in [6.07, 6.45) is 5.42. The normalized spacial score (nSPS) is 29.6. The van der Waals surface area contributed by atoms with Crippen LogP contribution in [-0.2, 0) is 0 Å². The van der Waals surface area contributed by atoms with Crippen molar-refractivity contribution in [3.63, 3.8) is 0 Å². The van der Waals surface area contributed by atoms with Gasteiger partial charge in [-0.1, -0.05) is 19.8 Å². The average Bonchev–Trinajstić information content (AvgIpc) is 2.89. The largest absolute Gasteiger partial charge is 0.308 e. The second-order valence-corrected chi connectivity index (χ2v) is 7.26. The molecule has 3 atom stereocenters. The van der Waals surface area contributed by atoms with Gasteiger partial charge in [-0.2, -0.15) is 11.3 Å². The van der Waals surface area contributed by atoms with Gasteiger partial charge in [-0.15, -0.1) is 0 Å². The first-order chi connectivity index (χ1) is 9.03. The van der Waals surface area contributed by atoms with E-state index in [0.29, 0.717) is 11.6 Å². The molecule has 108 valence electrons. The summed E-state index contributed by atoms with van der Waals surface area (Å²) in [4.78, 5) is 2.45. The third-order valence-electron chi connectivity index (χ3n) is 4.80. The summed E-state index contributed by atoms with van der Waals surface area (Å²) in [7, 11) is 4.49. The minimum absolute atomic E-state index is 0.349. The summed E-state index contributed by atoms with van der Waals surface area (Å²) in [6, 6.07) is 2.69. The molecule has 0 aromatic carbocycles. The predicted octanol–water partition coefficient (Wildman–Crippen LogP) is 3.91. The van der Waals surface area contributed by atoms with E-state index in [-0.39, 0.29) is 0 Å². The molecule has 3 unspecified atom stereocenters. The first kappa shape index (κ1) is 15.0. The lowest BCUT2D eigenvalue weighted by molar-refractivity contribution is 0.0728. The molecule has 3 heteroatoms. The Morgan fingerprint density at radius 2 is 2.32 bits per heavy atom. The van der Waals surface area contributed by atoms with Crippen molar-refractivity contribution in [2.75, 3.05) is 20.6 Å². The molecule has 1 aromatic heterocycles. The minimum atomic E-state index is 0.349. The van der Waals surface area contributed by atoms with Gasteiger partial charge in [-0.3, -0.25) is 0 Å². The molecule has 1 aromatic rings. The van der Waals surface area contributed by atoms with Crippen LogP contribution in [0.15, 0.2) is 16.8 Å². The molecule has 0 aliphatic heterocycles. The van der Waals surface area contributed by atoms with Crippen LogP contribution in [-0.4, -0.2) is 31.1 Å². The zero-order chi connectivity index (χ0) is 13.9. The molecule has 2 rings (SSSR count). The Morgan fingerprint density at radius 1 is 1.53 bits per heavy atom. The van der Waals surface area contributed by atoms with Crippen LogP contribution in [0.2, 0.25) is 0 Å². The number of nitrogens with zero attached hydrogens (tertiary/aromatic N) is 1. The first-order valence-corrected chi connectivity index (χ1v) is 8.41. The van der Waals surface area contributed by atoms with E-state index in [2.05, 4.69) is 55.0 Å². The van der Waals surface area contributed by atoms with Crippen LogP contribution < -0.4 is 5.32 Å². The van der Waals surface area contributed by atoms with Crippen molar-refractivity contribution in [3.05, 3.63) is 22.4 Å². The van der Waals surface area contributed by atoms with Gasteiger partial charge in [-0.05, 0) is 62.2 Å². The van der Waals surface area contributed by atoms with Crippen LogP contribution in [0.1, 0.15) is 51.1 Å². The highest BCUT2D eigenvalue weighted by molar-refractivity contribution is 7.07. The SMILES string of the molecule is CC1CCCC(CNC(C)c2ccsc2)(N(C)C)C1. The number of nitrogens with one attached hydrogen (secondary N) is 1. The Morgan fingerprint density at radius 3 is 2.89 bits per heavy atom. The van der Waals surface area contributed by atoms with E-state index < -0.39 is 0 Å². The van der Waals surface area contributed by atoms with Gasteiger partial charge in [0.05, 0.1) is 0 Å². The van der Waals surface area contributed by atoms with Crippen molar-refractivity contribution < 1.29 is 0 Å². The van der Waals surface area contributed by atoms with Crippen molar-refractivity contribution in [1.29, 1.82) is 0 Å². The summed E-state index contributed by atoms with van der Waals surface area (Å²) in [5, 5.41) is 8.18. The molecule has 0 bridgehead atoms. The lowest BCUT2D eigenvalue weighted by Crippen LogP contribution is -2.54. The summed E-state index contributed by atoms with van der Waals surface area (Å²) >= 11 is 1.78. The smallest absolute Gasteiger partial charge is 0.0330 e. The van der Waals surface area contributed by atoms with Crippen LogP contribution >= 0.6 is 11.3 Å². The maximum Gasteiger partial charge on any atom is 0.0330 e. The van der Waals surface area contributed by atoms with Crippen LogP contribution in [0.3, 0.4) is 0 Å². The predicted molar refractivity (Wildman–Crippen MR) is 84.8 cm³/mol. The molecule has 1 aliphatic rings. The van der Waals surface area contributed by atoms with Gasteiger partial charge in [0.15, 0.2) is 0 Å². The Bertz CT molecular complexity index is 374. The second-order valence-electron chi connectivity index (χ2n) is 6.48. The molecule has 1 saturated carbocycles. The Hall–Kier alpha value is -0.380. The molecule has 2 nitrogen and oxygen atoms in total. The fraction of sp³-hybridized carbons (Fsp3) is 0.750. The molecular formula is C16H28N2S. The zero-order valence-electron chi connectivity index (χ0n) is 12.8. The van der Waals surface area contributed by atoms with Gasteiger partial charge >= 0.3 is 0 Å². The highest BCUT2D eigenvalue weighted by Crippen LogP contribution is 2.35. The van der Waals surface area contributed by atoms with Crippen LogP contribution in [0.25, 0.3) is 0 Å². The Balaban J connectivity index is 1.97. The van der Waals surface area contributed by atoms with Crippen molar-refractivity contribution in [2.45, 2.75) is 51.1 Å². The molecule has 1 fully saturated rings. The minimum Gasteiger partial charge on any atom is -0.308 e. The highest BCUT2D eigenvalue weighted by Gasteiger charge is 2.36. The van der Waals surface area contributed by atoms with E-state index in [4.69, 9.17) is 0 Å². The molecule has 0 saturated heterocycles. The molecule has 19 heavy (non-hydrogen) atoms. The molecule has 1 heterocycles. The van der Waals surface area contributed by atoms with Crippen LogP contribution in [0.4, 0.5) is 0 Å². The van der Waals surface area contributed by atoms with Gasteiger partial charge in [0, 0.05) is 18.1 Å². The summed E-state index contributed by atoms with van der Waals surface area (Å²) < 4.78 is 0. The van der Waals surface area contributed by atoms with Gasteiger partial charge in [0.1, 0.15) is 0 Å². The van der Waals surface area contributed by atoms with Crippen molar-refractivity contribution in [3.8, 4) is 0 Å². The maximum atomic E-state index is 3.76. The monoisotopic (exact) mass is 280 g/mol. The molecule has 1 aliphatic carbocycles. The van der Waals surface area contributed by atoms with Gasteiger partial charge in [0.2, 0.25) is 0 Å². The average molecular weight is 280 g/mol. The van der Waals surface area contributed by atoms with Crippen molar-refractivity contribution >= 4 is 11.3 Å². The number of hydrogen-bond donors (Lipinski definition) is 1. The highest BCUT2D eigenvalue weighted by atomic mass is 32.1. The lowest BCUT2D eigenvalue weighted by atomic mass is 9.75. The third-order valence-corrected chi connectivity index (χ3v) is 5.50. The fourth-order valence-corrected chi connectivity index (χ4v) is 4.09. The molecule has 0 spiro atoms. The molecular weight excluding hydrogens is 252 g/mol. The topological polar surface area (TPSA) is 15.3 Å². The summed E-state index contributed by atoms with van der Waals surface area (Å²) in [5.41, 5.74) is 1.77. The van der Waals surface area contributed by atoms with Gasteiger partial charge in [-0.25, -0.2) is 0 Å². The van der Waals surface area contributed by atoms with E-state index in [9.17, 15) is 0 Å². The van der Waals surface area contributed by atoms with E-state index in [1.165, 1.54) is 31.2 Å². The van der Waals surface area contributed by atoms with Gasteiger partial charge < -0.3 is 10.2 Å².